The van der Waals surface area contributed by atoms with E-state index in [0.29, 0.717) is 11.5 Å². The van der Waals surface area contributed by atoms with Crippen LogP contribution in [0.5, 0.6) is 17.2 Å². The third-order valence-electron chi connectivity index (χ3n) is 5.24. The third-order valence-corrected chi connectivity index (χ3v) is 5.24. The van der Waals surface area contributed by atoms with Crippen molar-refractivity contribution in [3.05, 3.63) is 77.2 Å². The number of ether oxygens (including phenoxy) is 4. The zero-order valence-electron chi connectivity index (χ0n) is 17.1. The molecule has 0 saturated heterocycles. The molecule has 1 unspecified atom stereocenters. The predicted molar refractivity (Wildman–Crippen MR) is 114 cm³/mol. The van der Waals surface area contributed by atoms with Gasteiger partial charge in [0.2, 0.25) is 5.88 Å². The summed E-state index contributed by atoms with van der Waals surface area (Å²) in [5, 5.41) is 1.92. The van der Waals surface area contributed by atoms with Crippen LogP contribution in [0.2, 0.25) is 0 Å². The van der Waals surface area contributed by atoms with Crippen molar-refractivity contribution in [2.75, 3.05) is 20.8 Å². The number of fused-ring (bicyclic) bond motifs is 3. The van der Waals surface area contributed by atoms with Gasteiger partial charge in [0.1, 0.15) is 22.8 Å². The first-order valence-electron chi connectivity index (χ1n) is 9.66. The van der Waals surface area contributed by atoms with Gasteiger partial charge in [0, 0.05) is 5.56 Å². The molecule has 0 spiro atoms. The Morgan fingerprint density at radius 3 is 2.33 bits per heavy atom. The van der Waals surface area contributed by atoms with E-state index in [0.717, 1.165) is 27.6 Å². The Morgan fingerprint density at radius 1 is 1.00 bits per heavy atom. The van der Waals surface area contributed by atoms with Crippen molar-refractivity contribution < 1.29 is 23.7 Å². The zero-order chi connectivity index (χ0) is 21.3. The second-order valence-corrected chi connectivity index (χ2v) is 6.87. The molecular formula is C24H23NO5. The van der Waals surface area contributed by atoms with Crippen molar-refractivity contribution in [1.29, 1.82) is 0 Å². The summed E-state index contributed by atoms with van der Waals surface area (Å²) in [4.78, 5) is 12.9. The summed E-state index contributed by atoms with van der Waals surface area (Å²) in [5.74, 6) is 1.12. The summed E-state index contributed by atoms with van der Waals surface area (Å²) >= 11 is 0. The maximum Gasteiger partial charge on any atom is 0.340 e. The monoisotopic (exact) mass is 405 g/mol. The van der Waals surface area contributed by atoms with Crippen LogP contribution in [-0.2, 0) is 9.53 Å². The van der Waals surface area contributed by atoms with Crippen LogP contribution in [0.4, 0.5) is 0 Å². The molecule has 0 fully saturated rings. The Balaban J connectivity index is 2.00. The van der Waals surface area contributed by atoms with Crippen LogP contribution in [0.15, 0.2) is 66.1 Å². The second-order valence-electron chi connectivity index (χ2n) is 6.87. The normalized spacial score (nSPS) is 15.4. The summed E-state index contributed by atoms with van der Waals surface area (Å²) < 4.78 is 21.9. The molecule has 0 amide bonds. The molecular weight excluding hydrogens is 382 g/mol. The smallest absolute Gasteiger partial charge is 0.340 e. The second kappa shape index (κ2) is 7.99. The lowest BCUT2D eigenvalue weighted by atomic mass is 9.80. The summed E-state index contributed by atoms with van der Waals surface area (Å²) in [5.41, 5.74) is 8.22. The van der Waals surface area contributed by atoms with E-state index < -0.39 is 11.9 Å². The standard InChI is InChI=1S/C24H23NO5/c1-4-29-24(26)22-20(15-6-9-16(27-2)10-7-15)21-18-13-17(28-3)11-5-14(18)8-12-19(21)30-23(22)25/h5-13,20H,4,25H2,1-3H3. The van der Waals surface area contributed by atoms with E-state index in [1.54, 1.807) is 21.1 Å². The summed E-state index contributed by atoms with van der Waals surface area (Å²) in [6.07, 6.45) is 0. The van der Waals surface area contributed by atoms with Gasteiger partial charge in [0.15, 0.2) is 0 Å². The Labute approximate surface area is 174 Å². The predicted octanol–water partition coefficient (Wildman–Crippen LogP) is 4.11. The average molecular weight is 405 g/mol. The molecule has 1 aliphatic heterocycles. The maximum atomic E-state index is 12.9. The Hall–Kier alpha value is -3.67. The fraction of sp³-hybridized carbons (Fsp3) is 0.208. The van der Waals surface area contributed by atoms with E-state index in [-0.39, 0.29) is 18.1 Å². The first-order chi connectivity index (χ1) is 14.6. The quantitative estimate of drug-likeness (QED) is 0.644. The molecule has 1 heterocycles. The first-order valence-corrected chi connectivity index (χ1v) is 9.66. The lowest BCUT2D eigenvalue weighted by molar-refractivity contribution is -0.139. The average Bonchev–Trinajstić information content (AvgIpc) is 2.77. The summed E-state index contributed by atoms with van der Waals surface area (Å²) in [6, 6.07) is 17.2. The van der Waals surface area contributed by atoms with Crippen molar-refractivity contribution in [3.63, 3.8) is 0 Å². The number of esters is 1. The summed E-state index contributed by atoms with van der Waals surface area (Å²) in [6.45, 7) is 2.00. The molecule has 0 bridgehead atoms. The van der Waals surface area contributed by atoms with Gasteiger partial charge in [0.05, 0.1) is 26.7 Å². The van der Waals surface area contributed by atoms with Crippen LogP contribution in [0.3, 0.4) is 0 Å². The molecule has 3 aromatic rings. The molecule has 1 aliphatic rings. The number of benzene rings is 3. The molecule has 154 valence electrons. The highest BCUT2D eigenvalue weighted by molar-refractivity contribution is 5.97. The zero-order valence-corrected chi connectivity index (χ0v) is 17.1. The van der Waals surface area contributed by atoms with E-state index in [1.807, 2.05) is 54.6 Å². The van der Waals surface area contributed by atoms with E-state index in [2.05, 4.69) is 0 Å². The molecule has 6 nitrogen and oxygen atoms in total. The number of nitrogens with two attached hydrogens (primary N) is 1. The highest BCUT2D eigenvalue weighted by Crippen LogP contribution is 2.46. The maximum absolute atomic E-state index is 12.9. The van der Waals surface area contributed by atoms with Gasteiger partial charge in [-0.25, -0.2) is 4.79 Å². The molecule has 6 heteroatoms. The van der Waals surface area contributed by atoms with Gasteiger partial charge < -0.3 is 24.7 Å². The fourth-order valence-corrected chi connectivity index (χ4v) is 3.83. The van der Waals surface area contributed by atoms with Gasteiger partial charge in [-0.1, -0.05) is 24.3 Å². The van der Waals surface area contributed by atoms with Gasteiger partial charge >= 0.3 is 5.97 Å². The van der Waals surface area contributed by atoms with Crippen molar-refractivity contribution in [2.24, 2.45) is 5.73 Å². The Morgan fingerprint density at radius 2 is 1.67 bits per heavy atom. The molecule has 4 rings (SSSR count). The van der Waals surface area contributed by atoms with Crippen LogP contribution in [0.1, 0.15) is 24.0 Å². The number of carbonyl (C=O) groups excluding carboxylic acids is 1. The number of methoxy groups -OCH3 is 2. The van der Waals surface area contributed by atoms with Gasteiger partial charge in [-0.05, 0) is 53.6 Å². The minimum absolute atomic E-state index is 0.0454. The van der Waals surface area contributed by atoms with Crippen molar-refractivity contribution >= 4 is 16.7 Å². The van der Waals surface area contributed by atoms with E-state index in [4.69, 9.17) is 24.7 Å². The topological polar surface area (TPSA) is 80.0 Å². The lowest BCUT2D eigenvalue weighted by Gasteiger charge is -2.29. The lowest BCUT2D eigenvalue weighted by Crippen LogP contribution is -2.27. The highest BCUT2D eigenvalue weighted by Gasteiger charge is 2.36. The van der Waals surface area contributed by atoms with Gasteiger partial charge in [-0.3, -0.25) is 0 Å². The molecule has 0 radical (unpaired) electrons. The molecule has 0 aliphatic carbocycles. The number of carbonyl (C=O) groups is 1. The largest absolute Gasteiger partial charge is 0.497 e. The Kier molecular flexibility index (Phi) is 5.23. The minimum atomic E-state index is -0.499. The van der Waals surface area contributed by atoms with Crippen molar-refractivity contribution in [1.82, 2.24) is 0 Å². The van der Waals surface area contributed by atoms with Crippen molar-refractivity contribution in [2.45, 2.75) is 12.8 Å². The van der Waals surface area contributed by atoms with Gasteiger partial charge in [-0.2, -0.15) is 0 Å². The van der Waals surface area contributed by atoms with E-state index in [1.165, 1.54) is 0 Å². The molecule has 0 saturated carbocycles. The fourth-order valence-electron chi connectivity index (χ4n) is 3.83. The SMILES string of the molecule is CCOC(=O)C1=C(N)Oc2ccc3ccc(OC)cc3c2C1c1ccc(OC)cc1. The van der Waals surface area contributed by atoms with Gasteiger partial charge in [-0.15, -0.1) is 0 Å². The van der Waals surface area contributed by atoms with Crippen LogP contribution in [0.25, 0.3) is 10.8 Å². The Bertz CT molecular complexity index is 1130. The molecule has 3 aromatic carbocycles. The highest BCUT2D eigenvalue weighted by atomic mass is 16.5. The first kappa shape index (κ1) is 19.6. The minimum Gasteiger partial charge on any atom is -0.497 e. The number of hydrogen-bond donors (Lipinski definition) is 1. The van der Waals surface area contributed by atoms with Crippen LogP contribution < -0.4 is 19.9 Å². The van der Waals surface area contributed by atoms with Crippen LogP contribution in [-0.4, -0.2) is 26.8 Å². The third kappa shape index (κ3) is 3.30. The number of rotatable bonds is 5. The van der Waals surface area contributed by atoms with E-state index >= 15 is 0 Å². The van der Waals surface area contributed by atoms with Crippen LogP contribution >= 0.6 is 0 Å². The van der Waals surface area contributed by atoms with E-state index in [9.17, 15) is 4.79 Å². The molecule has 1 atom stereocenters. The molecule has 0 aromatic heterocycles. The number of hydrogen-bond acceptors (Lipinski definition) is 6. The molecule has 2 N–H and O–H groups in total. The van der Waals surface area contributed by atoms with Gasteiger partial charge in [0.25, 0.3) is 0 Å². The molecule has 30 heavy (non-hydrogen) atoms. The summed E-state index contributed by atoms with van der Waals surface area (Å²) in [7, 11) is 3.23. The van der Waals surface area contributed by atoms with Crippen molar-refractivity contribution in [3.8, 4) is 17.2 Å². The van der Waals surface area contributed by atoms with Crippen LogP contribution in [0, 0.1) is 0 Å².